The number of nitrogens with zero attached hydrogens (tertiary/aromatic N) is 2. The zero-order valence-electron chi connectivity index (χ0n) is 7.73. The summed E-state index contributed by atoms with van der Waals surface area (Å²) in [6.45, 7) is 0.640. The van der Waals surface area contributed by atoms with E-state index in [-0.39, 0.29) is 5.91 Å². The molecule has 0 spiro atoms. The van der Waals surface area contributed by atoms with Crippen LogP contribution in [0.2, 0.25) is 0 Å². The van der Waals surface area contributed by atoms with Gasteiger partial charge in [0.2, 0.25) is 5.91 Å². The van der Waals surface area contributed by atoms with Crippen LogP contribution in [0.1, 0.15) is 12.8 Å². The molecular weight excluding hydrogens is 182 g/mol. The van der Waals surface area contributed by atoms with E-state index in [2.05, 4.69) is 15.5 Å². The molecule has 1 amide bonds. The predicted octanol–water partition coefficient (Wildman–Crippen LogP) is -0.264. The Morgan fingerprint density at radius 2 is 2.21 bits per heavy atom. The van der Waals surface area contributed by atoms with Gasteiger partial charge in [0.05, 0.1) is 0 Å². The molecule has 0 fully saturated rings. The van der Waals surface area contributed by atoms with Gasteiger partial charge in [-0.05, 0) is 18.6 Å². The van der Waals surface area contributed by atoms with Crippen molar-refractivity contribution in [1.29, 1.82) is 0 Å². The molecule has 0 aliphatic rings. The molecule has 0 aliphatic carbocycles. The summed E-state index contributed by atoms with van der Waals surface area (Å²) < 4.78 is 0. The van der Waals surface area contributed by atoms with E-state index in [1.807, 2.05) is 0 Å². The summed E-state index contributed by atoms with van der Waals surface area (Å²) in [5, 5.41) is 10.4. The number of hydrogen-bond acceptors (Lipinski definition) is 5. The number of aromatic nitrogens is 2. The van der Waals surface area contributed by atoms with E-state index in [0.717, 1.165) is 0 Å². The summed E-state index contributed by atoms with van der Waals surface area (Å²) in [6, 6.07) is 3.38. The lowest BCUT2D eigenvalue weighted by Gasteiger charge is -2.02. The number of hydrogen-bond donors (Lipinski definition) is 3. The molecule has 0 unspecified atom stereocenters. The number of nitrogens with one attached hydrogen (secondary N) is 1. The van der Waals surface area contributed by atoms with Crippen molar-refractivity contribution < 1.29 is 4.79 Å². The quantitative estimate of drug-likeness (QED) is 0.561. The van der Waals surface area contributed by atoms with Crippen LogP contribution in [-0.4, -0.2) is 22.6 Å². The van der Waals surface area contributed by atoms with Gasteiger partial charge in [-0.25, -0.2) is 0 Å². The second-order valence-corrected chi connectivity index (χ2v) is 2.84. The number of carbonyl (C=O) groups excluding carboxylic acids is 1. The number of amides is 1. The molecule has 6 nitrogen and oxygen atoms in total. The predicted molar refractivity (Wildman–Crippen MR) is 53.4 cm³/mol. The second-order valence-electron chi connectivity index (χ2n) is 2.84. The second kappa shape index (κ2) is 5.00. The molecule has 0 atom stereocenters. The molecule has 14 heavy (non-hydrogen) atoms. The molecule has 5 N–H and O–H groups in total. The first-order chi connectivity index (χ1) is 6.68. The Morgan fingerprint density at radius 3 is 2.79 bits per heavy atom. The van der Waals surface area contributed by atoms with Gasteiger partial charge in [0.15, 0.2) is 0 Å². The van der Waals surface area contributed by atoms with Gasteiger partial charge in [-0.15, -0.1) is 10.2 Å². The van der Waals surface area contributed by atoms with Crippen molar-refractivity contribution in [2.24, 2.45) is 5.73 Å². The summed E-state index contributed by atoms with van der Waals surface area (Å²) in [5.74, 6) is 0.728. The minimum absolute atomic E-state index is 0.296. The van der Waals surface area contributed by atoms with Gasteiger partial charge < -0.3 is 16.8 Å². The molecule has 0 aliphatic heterocycles. The fraction of sp³-hybridized carbons (Fsp3) is 0.375. The van der Waals surface area contributed by atoms with Crippen LogP contribution in [-0.2, 0) is 4.79 Å². The third-order valence-corrected chi connectivity index (χ3v) is 1.59. The first-order valence-corrected chi connectivity index (χ1v) is 4.30. The van der Waals surface area contributed by atoms with Gasteiger partial charge in [0, 0.05) is 13.0 Å². The lowest BCUT2D eigenvalue weighted by atomic mass is 10.3. The average molecular weight is 195 g/mol. The van der Waals surface area contributed by atoms with Crippen molar-refractivity contribution in [3.05, 3.63) is 12.1 Å². The highest BCUT2D eigenvalue weighted by atomic mass is 16.1. The van der Waals surface area contributed by atoms with Gasteiger partial charge in [0.25, 0.3) is 0 Å². The number of anilines is 2. The average Bonchev–Trinajstić information content (AvgIpc) is 2.15. The maximum absolute atomic E-state index is 10.4. The van der Waals surface area contributed by atoms with E-state index in [4.69, 9.17) is 11.5 Å². The molecule has 76 valence electrons. The molecule has 1 aromatic rings. The fourth-order valence-corrected chi connectivity index (χ4v) is 0.916. The third-order valence-electron chi connectivity index (χ3n) is 1.59. The van der Waals surface area contributed by atoms with E-state index in [1.54, 1.807) is 12.1 Å². The van der Waals surface area contributed by atoms with Gasteiger partial charge in [-0.1, -0.05) is 0 Å². The van der Waals surface area contributed by atoms with Crippen LogP contribution in [0.25, 0.3) is 0 Å². The summed E-state index contributed by atoms with van der Waals surface area (Å²) in [4.78, 5) is 10.4. The van der Waals surface area contributed by atoms with Crippen LogP contribution in [0.15, 0.2) is 12.1 Å². The standard InChI is InChI=1S/C8H13N5O/c9-6-3-4-8(13-12-6)11-5-1-2-7(10)14/h3-4H,1-2,5H2,(H2,9,12)(H2,10,14)(H,11,13). The van der Waals surface area contributed by atoms with Gasteiger partial charge in [0.1, 0.15) is 11.6 Å². The minimum Gasteiger partial charge on any atom is -0.382 e. The number of nitrogen functional groups attached to an aromatic ring is 1. The monoisotopic (exact) mass is 195 g/mol. The Morgan fingerprint density at radius 1 is 1.43 bits per heavy atom. The smallest absolute Gasteiger partial charge is 0.217 e. The van der Waals surface area contributed by atoms with Crippen molar-refractivity contribution in [3.8, 4) is 0 Å². The van der Waals surface area contributed by atoms with Crippen LogP contribution in [0, 0.1) is 0 Å². The van der Waals surface area contributed by atoms with E-state index >= 15 is 0 Å². The normalized spacial score (nSPS) is 9.71. The van der Waals surface area contributed by atoms with Crippen molar-refractivity contribution in [2.45, 2.75) is 12.8 Å². The van der Waals surface area contributed by atoms with Crippen LogP contribution >= 0.6 is 0 Å². The summed E-state index contributed by atoms with van der Waals surface area (Å²) in [5.41, 5.74) is 10.3. The zero-order chi connectivity index (χ0) is 10.4. The minimum atomic E-state index is -0.296. The summed E-state index contributed by atoms with van der Waals surface area (Å²) in [7, 11) is 0. The zero-order valence-corrected chi connectivity index (χ0v) is 7.73. The lowest BCUT2D eigenvalue weighted by molar-refractivity contribution is -0.118. The van der Waals surface area contributed by atoms with Crippen molar-refractivity contribution in [3.63, 3.8) is 0 Å². The first-order valence-electron chi connectivity index (χ1n) is 4.30. The number of primary amides is 1. The van der Waals surface area contributed by atoms with Crippen molar-refractivity contribution in [2.75, 3.05) is 17.6 Å². The molecule has 1 rings (SSSR count). The van der Waals surface area contributed by atoms with Crippen LogP contribution in [0.5, 0.6) is 0 Å². The Kier molecular flexibility index (Phi) is 3.66. The molecule has 0 bridgehead atoms. The van der Waals surface area contributed by atoms with Crippen LogP contribution in [0.3, 0.4) is 0 Å². The first kappa shape index (κ1) is 10.2. The van der Waals surface area contributed by atoms with Crippen LogP contribution in [0.4, 0.5) is 11.6 Å². The van der Waals surface area contributed by atoms with Gasteiger partial charge in [-0.3, -0.25) is 4.79 Å². The number of carbonyl (C=O) groups is 1. The van der Waals surface area contributed by atoms with Gasteiger partial charge in [-0.2, -0.15) is 0 Å². The fourth-order valence-electron chi connectivity index (χ4n) is 0.916. The number of nitrogens with two attached hydrogens (primary N) is 2. The molecular formula is C8H13N5O. The van der Waals surface area contributed by atoms with Gasteiger partial charge >= 0.3 is 0 Å². The van der Waals surface area contributed by atoms with Crippen molar-refractivity contribution in [1.82, 2.24) is 10.2 Å². The maximum atomic E-state index is 10.4. The topological polar surface area (TPSA) is 107 Å². The Bertz CT molecular complexity index is 297. The lowest BCUT2D eigenvalue weighted by Crippen LogP contribution is -2.13. The molecule has 0 radical (unpaired) electrons. The number of rotatable bonds is 5. The highest BCUT2D eigenvalue weighted by molar-refractivity contribution is 5.73. The van der Waals surface area contributed by atoms with Crippen LogP contribution < -0.4 is 16.8 Å². The highest BCUT2D eigenvalue weighted by Gasteiger charge is 1.96. The Labute approximate surface area is 81.7 Å². The van der Waals surface area contributed by atoms with Crippen molar-refractivity contribution >= 4 is 17.5 Å². The SMILES string of the molecule is NC(=O)CCCNc1ccc(N)nn1. The third kappa shape index (κ3) is 3.70. The molecule has 0 aromatic carbocycles. The Balaban J connectivity index is 2.25. The molecule has 1 heterocycles. The Hall–Kier alpha value is -1.85. The molecule has 0 saturated carbocycles. The van der Waals surface area contributed by atoms with E-state index in [9.17, 15) is 4.79 Å². The molecule has 0 saturated heterocycles. The molecule has 6 heteroatoms. The molecule has 1 aromatic heterocycles. The highest BCUT2D eigenvalue weighted by Crippen LogP contribution is 2.02. The van der Waals surface area contributed by atoms with E-state index < -0.39 is 0 Å². The summed E-state index contributed by atoms with van der Waals surface area (Å²) >= 11 is 0. The maximum Gasteiger partial charge on any atom is 0.217 e. The van der Waals surface area contributed by atoms with E-state index in [1.165, 1.54) is 0 Å². The largest absolute Gasteiger partial charge is 0.382 e. The van der Waals surface area contributed by atoms with E-state index in [0.29, 0.717) is 31.0 Å². The summed E-state index contributed by atoms with van der Waals surface area (Å²) in [6.07, 6.45) is 1.05.